The molecule has 4 heteroatoms. The normalized spacial score (nSPS) is 13.2. The maximum absolute atomic E-state index is 4.92. The van der Waals surface area contributed by atoms with Crippen molar-refractivity contribution in [3.8, 4) is 56.4 Å². The Hall–Kier alpha value is -5.45. The van der Waals surface area contributed by atoms with Crippen LogP contribution in [0.25, 0.3) is 76.6 Å². The van der Waals surface area contributed by atoms with Gasteiger partial charge in [-0.05, 0) is 45.5 Å². The van der Waals surface area contributed by atoms with E-state index >= 15 is 0 Å². The third-order valence-electron chi connectivity index (χ3n) is 9.35. The van der Waals surface area contributed by atoms with Crippen molar-refractivity contribution in [2.75, 3.05) is 0 Å². The van der Waals surface area contributed by atoms with Gasteiger partial charge in [0.25, 0.3) is 0 Å². The van der Waals surface area contributed by atoms with Crippen LogP contribution in [0.1, 0.15) is 25.0 Å². The van der Waals surface area contributed by atoms with Gasteiger partial charge in [0, 0.05) is 42.3 Å². The molecule has 2 aromatic heterocycles. The van der Waals surface area contributed by atoms with Crippen LogP contribution in [0.5, 0.6) is 0 Å². The van der Waals surface area contributed by atoms with Crippen LogP contribution >= 0.6 is 11.3 Å². The third kappa shape index (κ3) is 4.22. The lowest BCUT2D eigenvalue weighted by molar-refractivity contribution is 0.661. The standard InChI is InChI=1S/C42H29N3S/c1-42(2)35-19-10-9-16-31(35)33-24-34-32-18-11-17-30(38(32)46-37(34)25-36(33)42)26-20-22-29(23-21-26)41-44-39(27-12-5-3-6-13-27)43-40(45-41)28-14-7-4-8-15-28/h3-25H,1-2H3. The smallest absolute Gasteiger partial charge is 0.164 e. The molecule has 1 aliphatic carbocycles. The van der Waals surface area contributed by atoms with Crippen molar-refractivity contribution in [2.45, 2.75) is 19.3 Å². The molecule has 1 aliphatic rings. The van der Waals surface area contributed by atoms with E-state index in [-0.39, 0.29) is 5.41 Å². The summed E-state index contributed by atoms with van der Waals surface area (Å²) >= 11 is 1.90. The van der Waals surface area contributed by atoms with Gasteiger partial charge in [0.1, 0.15) is 0 Å². The van der Waals surface area contributed by atoms with Gasteiger partial charge in [-0.2, -0.15) is 0 Å². The summed E-state index contributed by atoms with van der Waals surface area (Å²) in [5, 5.41) is 2.64. The molecule has 0 amide bonds. The van der Waals surface area contributed by atoms with Crippen LogP contribution in [0.3, 0.4) is 0 Å². The van der Waals surface area contributed by atoms with Gasteiger partial charge in [-0.1, -0.05) is 141 Å². The van der Waals surface area contributed by atoms with Crippen molar-refractivity contribution in [3.05, 3.63) is 151 Å². The summed E-state index contributed by atoms with van der Waals surface area (Å²) in [6, 6.07) is 49.3. The summed E-state index contributed by atoms with van der Waals surface area (Å²) in [7, 11) is 0. The van der Waals surface area contributed by atoms with E-state index in [0.29, 0.717) is 17.5 Å². The quantitative estimate of drug-likeness (QED) is 0.200. The lowest BCUT2D eigenvalue weighted by atomic mass is 9.82. The zero-order valence-electron chi connectivity index (χ0n) is 25.5. The highest BCUT2D eigenvalue weighted by Crippen LogP contribution is 2.52. The highest BCUT2D eigenvalue weighted by molar-refractivity contribution is 7.26. The molecule has 3 nitrogen and oxygen atoms in total. The molecule has 2 heterocycles. The van der Waals surface area contributed by atoms with Crippen LogP contribution < -0.4 is 0 Å². The average Bonchev–Trinajstić information content (AvgIpc) is 3.59. The Labute approximate surface area is 271 Å². The van der Waals surface area contributed by atoms with Gasteiger partial charge in [0.15, 0.2) is 17.5 Å². The topological polar surface area (TPSA) is 38.7 Å². The molecule has 0 saturated carbocycles. The Kier molecular flexibility index (Phi) is 6.02. The van der Waals surface area contributed by atoms with E-state index in [0.717, 1.165) is 16.7 Å². The average molecular weight is 608 g/mol. The van der Waals surface area contributed by atoms with Crippen LogP contribution in [0, 0.1) is 0 Å². The Bertz CT molecular complexity index is 2370. The van der Waals surface area contributed by atoms with Gasteiger partial charge in [-0.25, -0.2) is 15.0 Å². The molecule has 0 bridgehead atoms. The summed E-state index contributed by atoms with van der Waals surface area (Å²) in [6.07, 6.45) is 0. The molecular weight excluding hydrogens is 579 g/mol. The third-order valence-corrected chi connectivity index (χ3v) is 10.6. The number of thiophene rings is 1. The predicted octanol–water partition coefficient (Wildman–Crippen LogP) is 11.2. The van der Waals surface area contributed by atoms with Gasteiger partial charge < -0.3 is 0 Å². The largest absolute Gasteiger partial charge is 0.208 e. The molecule has 9 rings (SSSR count). The molecule has 0 fully saturated rings. The van der Waals surface area contributed by atoms with Crippen LogP contribution in [-0.4, -0.2) is 15.0 Å². The van der Waals surface area contributed by atoms with E-state index in [1.54, 1.807) is 0 Å². The lowest BCUT2D eigenvalue weighted by Gasteiger charge is -2.21. The number of benzene rings is 6. The fourth-order valence-electron chi connectivity index (χ4n) is 6.96. The minimum absolute atomic E-state index is 0.00919. The number of hydrogen-bond acceptors (Lipinski definition) is 4. The van der Waals surface area contributed by atoms with Crippen LogP contribution in [0.4, 0.5) is 0 Å². The van der Waals surface area contributed by atoms with E-state index < -0.39 is 0 Å². The first-order valence-corrected chi connectivity index (χ1v) is 16.4. The number of hydrogen-bond donors (Lipinski definition) is 0. The van der Waals surface area contributed by atoms with Gasteiger partial charge in [-0.15, -0.1) is 11.3 Å². The molecule has 0 radical (unpaired) electrons. The summed E-state index contributed by atoms with van der Waals surface area (Å²) in [6.45, 7) is 4.70. The number of nitrogens with zero attached hydrogens (tertiary/aromatic N) is 3. The first-order valence-electron chi connectivity index (χ1n) is 15.6. The molecule has 0 aliphatic heterocycles. The van der Waals surface area contributed by atoms with E-state index in [1.807, 2.05) is 72.0 Å². The second kappa shape index (κ2) is 10.3. The molecule has 218 valence electrons. The zero-order chi connectivity index (χ0) is 30.8. The van der Waals surface area contributed by atoms with Gasteiger partial charge in [0.2, 0.25) is 0 Å². The number of fused-ring (bicyclic) bond motifs is 6. The van der Waals surface area contributed by atoms with Crippen LogP contribution in [0.15, 0.2) is 140 Å². The lowest BCUT2D eigenvalue weighted by Crippen LogP contribution is -2.14. The second-order valence-electron chi connectivity index (χ2n) is 12.5. The van der Waals surface area contributed by atoms with Gasteiger partial charge in [0.05, 0.1) is 0 Å². The van der Waals surface area contributed by atoms with Crippen molar-refractivity contribution in [3.63, 3.8) is 0 Å². The fourth-order valence-corrected chi connectivity index (χ4v) is 8.21. The van der Waals surface area contributed by atoms with Crippen LogP contribution in [-0.2, 0) is 5.41 Å². The summed E-state index contributed by atoms with van der Waals surface area (Å²) in [5.74, 6) is 2.00. The second-order valence-corrected chi connectivity index (χ2v) is 13.5. The Balaban J connectivity index is 1.14. The highest BCUT2D eigenvalue weighted by atomic mass is 32.1. The molecule has 0 spiro atoms. The van der Waals surface area contributed by atoms with E-state index in [1.165, 1.54) is 53.6 Å². The molecule has 0 unspecified atom stereocenters. The molecule has 0 N–H and O–H groups in total. The van der Waals surface area contributed by atoms with Crippen molar-refractivity contribution in [2.24, 2.45) is 0 Å². The maximum Gasteiger partial charge on any atom is 0.164 e. The minimum atomic E-state index is -0.00919. The number of rotatable bonds is 4. The van der Waals surface area contributed by atoms with Gasteiger partial charge in [-0.3, -0.25) is 0 Å². The summed E-state index contributed by atoms with van der Waals surface area (Å²) in [5.41, 5.74) is 10.9. The monoisotopic (exact) mass is 607 g/mol. The first kappa shape index (κ1) is 26.9. The molecular formula is C42H29N3S. The van der Waals surface area contributed by atoms with Crippen molar-refractivity contribution in [1.29, 1.82) is 0 Å². The molecule has 0 atom stereocenters. The Morgan fingerprint density at radius 2 is 0.978 bits per heavy atom. The van der Waals surface area contributed by atoms with Crippen molar-refractivity contribution in [1.82, 2.24) is 15.0 Å². The Morgan fingerprint density at radius 3 is 1.63 bits per heavy atom. The zero-order valence-corrected chi connectivity index (χ0v) is 26.3. The highest BCUT2D eigenvalue weighted by Gasteiger charge is 2.35. The van der Waals surface area contributed by atoms with E-state index in [9.17, 15) is 0 Å². The fraction of sp³-hybridized carbons (Fsp3) is 0.0714. The first-order chi connectivity index (χ1) is 22.5. The summed E-state index contributed by atoms with van der Waals surface area (Å²) in [4.78, 5) is 14.7. The predicted molar refractivity (Wildman–Crippen MR) is 192 cm³/mol. The van der Waals surface area contributed by atoms with Crippen molar-refractivity contribution >= 4 is 31.5 Å². The molecule has 6 aromatic carbocycles. The Morgan fingerprint density at radius 1 is 0.435 bits per heavy atom. The van der Waals surface area contributed by atoms with E-state index in [4.69, 9.17) is 15.0 Å². The van der Waals surface area contributed by atoms with Crippen molar-refractivity contribution < 1.29 is 0 Å². The number of aromatic nitrogens is 3. The van der Waals surface area contributed by atoms with Crippen LogP contribution in [0.2, 0.25) is 0 Å². The minimum Gasteiger partial charge on any atom is -0.208 e. The summed E-state index contributed by atoms with van der Waals surface area (Å²) < 4.78 is 2.66. The SMILES string of the molecule is CC1(C)c2ccccc2-c2cc3c(cc21)sc1c(-c2ccc(-c4nc(-c5ccccc5)nc(-c5ccccc5)n4)cc2)cccc13. The molecule has 8 aromatic rings. The maximum atomic E-state index is 4.92. The van der Waals surface area contributed by atoms with Gasteiger partial charge >= 0.3 is 0 Å². The molecule has 46 heavy (non-hydrogen) atoms. The van der Waals surface area contributed by atoms with E-state index in [2.05, 4.69) is 92.7 Å². The molecule has 0 saturated heterocycles.